The third-order valence-electron chi connectivity index (χ3n) is 5.28. The number of hydrogen-bond donors (Lipinski definition) is 1. The number of oxazole rings is 1. The molecule has 1 aromatic heterocycles. The molecule has 0 radical (unpaired) electrons. The second kappa shape index (κ2) is 9.84. The standard InChI is InChI=1S/C23H23ClN4O3/c1-29-17-8-6-16(7-9-17)22-27-20(14-25)23(31-22)26-15-21(28-10-12-30-13-11-28)18-4-2-3-5-19(18)24/h2-9,21,26H,10-13,15H2,1H3/t21-/m0/s1. The zero-order valence-electron chi connectivity index (χ0n) is 17.2. The Balaban J connectivity index is 1.57. The normalized spacial score (nSPS) is 15.3. The van der Waals surface area contributed by atoms with Crippen LogP contribution >= 0.6 is 11.6 Å². The van der Waals surface area contributed by atoms with Gasteiger partial charge in [0.2, 0.25) is 17.5 Å². The molecule has 3 aromatic rings. The van der Waals surface area contributed by atoms with Crippen molar-refractivity contribution in [2.75, 3.05) is 45.3 Å². The van der Waals surface area contributed by atoms with Crippen molar-refractivity contribution in [2.45, 2.75) is 6.04 Å². The Hall–Kier alpha value is -3.05. The molecule has 8 heteroatoms. The molecule has 0 unspecified atom stereocenters. The molecule has 0 bridgehead atoms. The lowest BCUT2D eigenvalue weighted by Crippen LogP contribution is -2.41. The van der Waals surface area contributed by atoms with Gasteiger partial charge in [-0.25, -0.2) is 0 Å². The second-order valence-electron chi connectivity index (χ2n) is 7.10. The molecular formula is C23H23ClN4O3. The Labute approximate surface area is 186 Å². The van der Waals surface area contributed by atoms with Gasteiger partial charge >= 0.3 is 0 Å². The predicted octanol–water partition coefficient (Wildman–Crippen LogP) is 4.36. The summed E-state index contributed by atoms with van der Waals surface area (Å²) in [5.41, 5.74) is 2.00. The van der Waals surface area contributed by atoms with Crippen molar-refractivity contribution in [3.05, 3.63) is 64.8 Å². The van der Waals surface area contributed by atoms with E-state index in [2.05, 4.69) is 21.3 Å². The molecule has 1 N–H and O–H groups in total. The molecule has 1 fully saturated rings. The summed E-state index contributed by atoms with van der Waals surface area (Å²) in [6.45, 7) is 3.46. The van der Waals surface area contributed by atoms with Gasteiger partial charge in [-0.3, -0.25) is 4.90 Å². The molecule has 4 rings (SSSR count). The number of benzene rings is 2. The van der Waals surface area contributed by atoms with Crippen molar-refractivity contribution >= 4 is 17.5 Å². The highest BCUT2D eigenvalue weighted by atomic mass is 35.5. The quantitative estimate of drug-likeness (QED) is 0.586. The van der Waals surface area contributed by atoms with Crippen LogP contribution in [-0.4, -0.2) is 49.8 Å². The zero-order valence-corrected chi connectivity index (χ0v) is 17.9. The highest BCUT2D eigenvalue weighted by Gasteiger charge is 2.25. The van der Waals surface area contributed by atoms with Crippen molar-refractivity contribution in [3.8, 4) is 23.3 Å². The van der Waals surface area contributed by atoms with E-state index in [0.717, 1.165) is 30.0 Å². The molecule has 0 amide bonds. The summed E-state index contributed by atoms with van der Waals surface area (Å²) in [6, 6.07) is 17.3. The van der Waals surface area contributed by atoms with E-state index in [1.807, 2.05) is 48.5 Å². The van der Waals surface area contributed by atoms with Crippen LogP contribution in [0.1, 0.15) is 17.3 Å². The summed E-state index contributed by atoms with van der Waals surface area (Å²) in [5, 5.41) is 13.5. The number of methoxy groups -OCH3 is 1. The Morgan fingerprint density at radius 1 is 1.19 bits per heavy atom. The first-order valence-corrected chi connectivity index (χ1v) is 10.4. The number of nitriles is 1. The van der Waals surface area contributed by atoms with E-state index in [0.29, 0.717) is 36.6 Å². The Bertz CT molecular complexity index is 1060. The number of nitrogens with one attached hydrogen (secondary N) is 1. The van der Waals surface area contributed by atoms with Gasteiger partial charge in [0.05, 0.1) is 26.4 Å². The second-order valence-corrected chi connectivity index (χ2v) is 7.51. The molecule has 1 saturated heterocycles. The number of rotatable bonds is 7. The molecule has 1 atom stereocenters. The van der Waals surface area contributed by atoms with Crippen molar-refractivity contribution in [1.82, 2.24) is 9.88 Å². The van der Waals surface area contributed by atoms with E-state index in [1.54, 1.807) is 7.11 Å². The van der Waals surface area contributed by atoms with Crippen molar-refractivity contribution in [1.29, 1.82) is 5.26 Å². The first-order chi connectivity index (χ1) is 15.2. The minimum absolute atomic E-state index is 0.00122. The minimum Gasteiger partial charge on any atom is -0.497 e. The van der Waals surface area contributed by atoms with Crippen LogP contribution in [0.4, 0.5) is 5.88 Å². The van der Waals surface area contributed by atoms with E-state index >= 15 is 0 Å². The van der Waals surface area contributed by atoms with Crippen LogP contribution in [0.15, 0.2) is 52.9 Å². The first kappa shape index (κ1) is 21.2. The van der Waals surface area contributed by atoms with Gasteiger partial charge in [-0.15, -0.1) is 0 Å². The number of morpholine rings is 1. The fourth-order valence-electron chi connectivity index (χ4n) is 3.63. The van der Waals surface area contributed by atoms with Gasteiger partial charge < -0.3 is 19.2 Å². The fraction of sp³-hybridized carbons (Fsp3) is 0.304. The first-order valence-electron chi connectivity index (χ1n) is 10.0. The van der Waals surface area contributed by atoms with E-state index in [9.17, 15) is 5.26 Å². The number of ether oxygens (including phenoxy) is 2. The van der Waals surface area contributed by atoms with Crippen LogP contribution in [0.3, 0.4) is 0 Å². The smallest absolute Gasteiger partial charge is 0.232 e. The van der Waals surface area contributed by atoms with E-state index < -0.39 is 0 Å². The largest absolute Gasteiger partial charge is 0.497 e. The van der Waals surface area contributed by atoms with Gasteiger partial charge in [0, 0.05) is 30.2 Å². The number of halogens is 1. The van der Waals surface area contributed by atoms with Gasteiger partial charge in [-0.1, -0.05) is 29.8 Å². The molecular weight excluding hydrogens is 416 g/mol. The van der Waals surface area contributed by atoms with E-state index in [-0.39, 0.29) is 11.7 Å². The highest BCUT2D eigenvalue weighted by Crippen LogP contribution is 2.31. The molecule has 1 aliphatic rings. The molecule has 0 saturated carbocycles. The lowest BCUT2D eigenvalue weighted by atomic mass is 10.0. The number of hydrogen-bond acceptors (Lipinski definition) is 7. The highest BCUT2D eigenvalue weighted by molar-refractivity contribution is 6.31. The Kier molecular flexibility index (Phi) is 6.73. The maximum atomic E-state index is 9.56. The summed E-state index contributed by atoms with van der Waals surface area (Å²) in [7, 11) is 1.61. The van der Waals surface area contributed by atoms with Gasteiger partial charge in [-0.05, 0) is 35.9 Å². The van der Waals surface area contributed by atoms with Crippen LogP contribution in [0.5, 0.6) is 5.75 Å². The van der Waals surface area contributed by atoms with Gasteiger partial charge in [0.1, 0.15) is 11.8 Å². The molecule has 2 heterocycles. The topological polar surface area (TPSA) is 83.5 Å². The fourth-order valence-corrected chi connectivity index (χ4v) is 3.89. The molecule has 0 spiro atoms. The predicted molar refractivity (Wildman–Crippen MR) is 118 cm³/mol. The zero-order chi connectivity index (χ0) is 21.6. The average Bonchev–Trinajstić information content (AvgIpc) is 3.24. The molecule has 160 valence electrons. The van der Waals surface area contributed by atoms with Crippen molar-refractivity contribution in [2.24, 2.45) is 0 Å². The third-order valence-corrected chi connectivity index (χ3v) is 5.62. The molecule has 31 heavy (non-hydrogen) atoms. The number of anilines is 1. The third kappa shape index (κ3) is 4.83. The lowest BCUT2D eigenvalue weighted by Gasteiger charge is -2.35. The molecule has 7 nitrogen and oxygen atoms in total. The molecule has 1 aliphatic heterocycles. The minimum atomic E-state index is -0.00122. The molecule has 2 aromatic carbocycles. The van der Waals surface area contributed by atoms with Crippen molar-refractivity contribution in [3.63, 3.8) is 0 Å². The SMILES string of the molecule is COc1ccc(-c2nc(C#N)c(NC[C@@H](c3ccccc3Cl)N3CCOCC3)o2)cc1. The van der Waals surface area contributed by atoms with Crippen LogP contribution in [0.25, 0.3) is 11.5 Å². The summed E-state index contributed by atoms with van der Waals surface area (Å²) in [5.74, 6) is 1.46. The monoisotopic (exact) mass is 438 g/mol. The lowest BCUT2D eigenvalue weighted by molar-refractivity contribution is 0.0186. The van der Waals surface area contributed by atoms with Crippen LogP contribution < -0.4 is 10.1 Å². The average molecular weight is 439 g/mol. The summed E-state index contributed by atoms with van der Waals surface area (Å²) >= 11 is 6.50. The van der Waals surface area contributed by atoms with Gasteiger partial charge in [0.25, 0.3) is 0 Å². The maximum absolute atomic E-state index is 9.56. The number of aromatic nitrogens is 1. The van der Waals surface area contributed by atoms with Gasteiger partial charge in [0.15, 0.2) is 0 Å². The van der Waals surface area contributed by atoms with Crippen LogP contribution in [0.2, 0.25) is 5.02 Å². The van der Waals surface area contributed by atoms with E-state index in [4.69, 9.17) is 25.5 Å². The Morgan fingerprint density at radius 3 is 2.61 bits per heavy atom. The van der Waals surface area contributed by atoms with Gasteiger partial charge in [-0.2, -0.15) is 10.2 Å². The van der Waals surface area contributed by atoms with Crippen molar-refractivity contribution < 1.29 is 13.9 Å². The summed E-state index contributed by atoms with van der Waals surface area (Å²) in [6.07, 6.45) is 0. The Morgan fingerprint density at radius 2 is 1.94 bits per heavy atom. The maximum Gasteiger partial charge on any atom is 0.232 e. The van der Waals surface area contributed by atoms with Crippen LogP contribution in [-0.2, 0) is 4.74 Å². The van der Waals surface area contributed by atoms with E-state index in [1.165, 1.54) is 0 Å². The molecule has 0 aliphatic carbocycles. The summed E-state index contributed by atoms with van der Waals surface area (Å²) in [4.78, 5) is 6.67. The number of nitrogens with zero attached hydrogens (tertiary/aromatic N) is 3. The van der Waals surface area contributed by atoms with Crippen LogP contribution in [0, 0.1) is 11.3 Å². The summed E-state index contributed by atoms with van der Waals surface area (Å²) < 4.78 is 16.6.